The monoisotopic (exact) mass is 498 g/mol. The highest BCUT2D eigenvalue weighted by Gasteiger charge is 2.52. The first-order valence-corrected chi connectivity index (χ1v) is 11.8. The Kier molecular flexibility index (Phi) is 4.99. The van der Waals surface area contributed by atoms with Crippen LogP contribution >= 0.6 is 0 Å². The molecular weight excluding hydrogens is 473 g/mol. The van der Waals surface area contributed by atoms with Crippen molar-refractivity contribution in [3.63, 3.8) is 0 Å². The Labute approximate surface area is 205 Å². The highest BCUT2D eigenvalue weighted by atomic mass is 19.4. The maximum atomic E-state index is 13.0. The number of anilines is 3. The van der Waals surface area contributed by atoms with Gasteiger partial charge in [0.15, 0.2) is 5.82 Å². The van der Waals surface area contributed by atoms with Gasteiger partial charge in [-0.05, 0) is 43.2 Å². The van der Waals surface area contributed by atoms with E-state index in [1.807, 2.05) is 30.0 Å². The molecule has 5 heterocycles. The van der Waals surface area contributed by atoms with Crippen LogP contribution in [0.1, 0.15) is 42.3 Å². The van der Waals surface area contributed by atoms with E-state index in [1.54, 1.807) is 10.9 Å². The topological polar surface area (TPSA) is 92.1 Å². The number of nitrogens with zero attached hydrogens (tertiary/aromatic N) is 7. The van der Waals surface area contributed by atoms with Crippen molar-refractivity contribution in [1.82, 2.24) is 24.7 Å². The molecule has 188 valence electrons. The van der Waals surface area contributed by atoms with Crippen molar-refractivity contribution in [1.29, 1.82) is 0 Å². The number of carbonyl (C=O) groups is 1. The van der Waals surface area contributed by atoms with Gasteiger partial charge in [-0.2, -0.15) is 23.3 Å². The summed E-state index contributed by atoms with van der Waals surface area (Å²) in [6.07, 6.45) is 3.33. The van der Waals surface area contributed by atoms with Crippen LogP contribution in [-0.4, -0.2) is 50.3 Å². The predicted molar refractivity (Wildman–Crippen MR) is 126 cm³/mol. The second-order valence-corrected chi connectivity index (χ2v) is 10.0. The molecule has 0 unspecified atom stereocenters. The molecule has 9 nitrogen and oxygen atoms in total. The van der Waals surface area contributed by atoms with E-state index in [9.17, 15) is 18.0 Å². The van der Waals surface area contributed by atoms with Crippen molar-refractivity contribution in [3.8, 4) is 0 Å². The largest absolute Gasteiger partial charge is 0.433 e. The summed E-state index contributed by atoms with van der Waals surface area (Å²) in [6, 6.07) is 2.08. The summed E-state index contributed by atoms with van der Waals surface area (Å²) >= 11 is 0. The lowest BCUT2D eigenvalue weighted by molar-refractivity contribution is -0.141. The molecule has 0 saturated heterocycles. The van der Waals surface area contributed by atoms with Crippen LogP contribution in [0, 0.1) is 5.41 Å². The average Bonchev–Trinajstić information content (AvgIpc) is 3.43. The minimum absolute atomic E-state index is 0.0946. The van der Waals surface area contributed by atoms with Crippen LogP contribution < -0.4 is 15.1 Å². The van der Waals surface area contributed by atoms with Gasteiger partial charge in [0, 0.05) is 38.1 Å². The molecule has 1 amide bonds. The van der Waals surface area contributed by atoms with Crippen molar-refractivity contribution in [2.75, 3.05) is 28.7 Å². The van der Waals surface area contributed by atoms with Crippen molar-refractivity contribution in [3.05, 3.63) is 53.2 Å². The third-order valence-electron chi connectivity index (χ3n) is 7.34. The lowest BCUT2D eigenvalue weighted by atomic mass is 9.91. The second-order valence-electron chi connectivity index (χ2n) is 10.0. The molecule has 3 aromatic rings. The number of rotatable bonds is 5. The molecule has 2 aliphatic heterocycles. The van der Waals surface area contributed by atoms with Crippen LogP contribution in [0.3, 0.4) is 0 Å². The van der Waals surface area contributed by atoms with Gasteiger partial charge in [-0.15, -0.1) is 0 Å². The second kappa shape index (κ2) is 7.90. The molecule has 3 aromatic heterocycles. The number of hydrogen-bond acceptors (Lipinski definition) is 7. The van der Waals surface area contributed by atoms with Crippen LogP contribution in [0.4, 0.5) is 30.6 Å². The summed E-state index contributed by atoms with van der Waals surface area (Å²) in [5.74, 6) is 1.35. The third kappa shape index (κ3) is 3.94. The van der Waals surface area contributed by atoms with E-state index < -0.39 is 11.9 Å². The molecule has 1 atom stereocenters. The highest BCUT2D eigenvalue weighted by Crippen LogP contribution is 2.55. The van der Waals surface area contributed by atoms with Crippen molar-refractivity contribution < 1.29 is 18.0 Å². The van der Waals surface area contributed by atoms with E-state index in [0.29, 0.717) is 24.6 Å². The molecule has 0 bridgehead atoms. The van der Waals surface area contributed by atoms with Crippen molar-refractivity contribution >= 4 is 23.4 Å². The number of amides is 1. The van der Waals surface area contributed by atoms with Gasteiger partial charge in [0.1, 0.15) is 17.4 Å². The first kappa shape index (κ1) is 22.7. The minimum atomic E-state index is -4.46. The first-order chi connectivity index (χ1) is 17.1. The Bertz CT molecular complexity index is 1330. The van der Waals surface area contributed by atoms with Gasteiger partial charge in [-0.25, -0.2) is 4.98 Å². The first-order valence-electron chi connectivity index (χ1n) is 11.8. The summed E-state index contributed by atoms with van der Waals surface area (Å²) in [6.45, 7) is 3.37. The van der Waals surface area contributed by atoms with Crippen LogP contribution in [0.2, 0.25) is 0 Å². The van der Waals surface area contributed by atoms with Crippen LogP contribution in [0.5, 0.6) is 0 Å². The predicted octanol–water partition coefficient (Wildman–Crippen LogP) is 3.25. The number of pyridine rings is 1. The lowest BCUT2D eigenvalue weighted by Gasteiger charge is -2.43. The molecule has 3 aliphatic rings. The number of aromatic nitrogens is 5. The number of likely N-dealkylation sites (N-methyl/N-ethyl adjacent to an activating group) is 1. The van der Waals surface area contributed by atoms with E-state index >= 15 is 0 Å². The summed E-state index contributed by atoms with van der Waals surface area (Å²) in [4.78, 5) is 29.8. The molecular formula is C24H25F3N8O. The summed E-state index contributed by atoms with van der Waals surface area (Å²) in [5, 5.41) is 7.59. The molecule has 0 radical (unpaired) electrons. The van der Waals surface area contributed by atoms with Gasteiger partial charge in [0.05, 0.1) is 18.4 Å². The van der Waals surface area contributed by atoms with Crippen LogP contribution in [0.15, 0.2) is 30.7 Å². The Morgan fingerprint density at radius 1 is 1.17 bits per heavy atom. The van der Waals surface area contributed by atoms with Crippen LogP contribution in [0.25, 0.3) is 0 Å². The zero-order valence-electron chi connectivity index (χ0n) is 19.9. The quantitative estimate of drug-likeness (QED) is 0.577. The van der Waals surface area contributed by atoms with Gasteiger partial charge >= 0.3 is 6.18 Å². The zero-order valence-corrected chi connectivity index (χ0v) is 19.9. The normalized spacial score (nSPS) is 20.0. The molecule has 1 spiro atoms. The fraction of sp³-hybridized carbons (Fsp3) is 0.458. The van der Waals surface area contributed by atoms with Gasteiger partial charge < -0.3 is 15.1 Å². The molecule has 1 N–H and O–H groups in total. The minimum Gasteiger partial charge on any atom is -0.350 e. The SMILES string of the molecule is C[C@H]1C(=O)N2CC3(CC3)Cc3nc(NCc4cnn(Cc5ccc(C(F)(F)F)nc5)c4)nc(c32)N1C. The number of hydrogen-bond donors (Lipinski definition) is 1. The average molecular weight is 499 g/mol. The lowest BCUT2D eigenvalue weighted by Crippen LogP contribution is -2.54. The maximum absolute atomic E-state index is 13.0. The Morgan fingerprint density at radius 2 is 1.97 bits per heavy atom. The maximum Gasteiger partial charge on any atom is 0.433 e. The van der Waals surface area contributed by atoms with Gasteiger partial charge in [0.25, 0.3) is 0 Å². The molecule has 0 aromatic carbocycles. The summed E-state index contributed by atoms with van der Waals surface area (Å²) < 4.78 is 39.8. The molecule has 1 saturated carbocycles. The molecule has 12 heteroatoms. The number of nitrogens with one attached hydrogen (secondary N) is 1. The molecule has 6 rings (SSSR count). The van der Waals surface area contributed by atoms with Gasteiger partial charge in [0.2, 0.25) is 11.9 Å². The van der Waals surface area contributed by atoms with E-state index in [0.717, 1.165) is 54.6 Å². The van der Waals surface area contributed by atoms with Crippen molar-refractivity contribution in [2.24, 2.45) is 5.41 Å². The van der Waals surface area contributed by atoms with E-state index in [-0.39, 0.29) is 17.4 Å². The summed E-state index contributed by atoms with van der Waals surface area (Å²) in [7, 11) is 1.88. The Balaban J connectivity index is 1.18. The van der Waals surface area contributed by atoms with E-state index in [4.69, 9.17) is 9.97 Å². The third-order valence-corrected chi connectivity index (χ3v) is 7.34. The standard InChI is InChI=1S/C24H25F3N8O/c1-14-21(36)35-13-23(5-6-23)7-17-19(35)20(33(14)2)32-22(31-17)29-9-16-10-30-34(12-16)11-15-3-4-18(28-8-15)24(25,26)27/h3-4,8,10,12,14H,5-7,9,11,13H2,1-2H3,(H,29,31,32)/t14-/m0/s1. The van der Waals surface area contributed by atoms with E-state index in [1.165, 1.54) is 12.3 Å². The van der Waals surface area contributed by atoms with Gasteiger partial charge in [-0.3, -0.25) is 14.5 Å². The molecule has 1 aliphatic carbocycles. The number of carbonyl (C=O) groups excluding carboxylic acids is 1. The fourth-order valence-electron chi connectivity index (χ4n) is 4.95. The van der Waals surface area contributed by atoms with E-state index in [2.05, 4.69) is 15.4 Å². The Morgan fingerprint density at radius 3 is 2.67 bits per heavy atom. The fourth-order valence-corrected chi connectivity index (χ4v) is 4.95. The zero-order chi connectivity index (χ0) is 25.2. The summed E-state index contributed by atoms with van der Waals surface area (Å²) in [5.41, 5.74) is 2.47. The highest BCUT2D eigenvalue weighted by molar-refractivity contribution is 6.05. The number of alkyl halides is 3. The molecule has 1 fully saturated rings. The number of halogens is 3. The Hall–Kier alpha value is -3.70. The smallest absolute Gasteiger partial charge is 0.350 e. The molecule has 36 heavy (non-hydrogen) atoms. The van der Waals surface area contributed by atoms with Crippen LogP contribution in [-0.2, 0) is 30.5 Å². The van der Waals surface area contributed by atoms with Gasteiger partial charge in [-0.1, -0.05) is 6.07 Å². The van der Waals surface area contributed by atoms with Crippen molar-refractivity contribution in [2.45, 2.75) is 51.5 Å².